The van der Waals surface area contributed by atoms with Crippen molar-refractivity contribution >= 4 is 17.4 Å². The second kappa shape index (κ2) is 5.71. The number of hydrogen-bond acceptors (Lipinski definition) is 3. The average Bonchev–Trinajstić information content (AvgIpc) is 2.88. The molecule has 118 valence electrons. The van der Waals surface area contributed by atoms with Crippen LogP contribution >= 0.6 is 0 Å². The first-order valence-electron chi connectivity index (χ1n) is 6.67. The summed E-state index contributed by atoms with van der Waals surface area (Å²) in [5, 5.41) is 2.45. The number of fused-ring (bicyclic) bond motifs is 1. The largest absolute Gasteiger partial charge is 0.417 e. The fraction of sp³-hybridized carbons (Fsp3) is 0.133. The van der Waals surface area contributed by atoms with Gasteiger partial charge in [-0.1, -0.05) is 6.07 Å². The van der Waals surface area contributed by atoms with Crippen LogP contribution in [0.2, 0.25) is 0 Å². The molecule has 0 atom stereocenters. The van der Waals surface area contributed by atoms with Crippen molar-refractivity contribution in [1.82, 2.24) is 14.4 Å². The number of carbonyl (C=O) groups is 1. The Kier molecular flexibility index (Phi) is 3.73. The number of pyridine rings is 2. The Balaban J connectivity index is 1.67. The van der Waals surface area contributed by atoms with Crippen molar-refractivity contribution in [2.45, 2.75) is 12.6 Å². The molecule has 3 aromatic heterocycles. The van der Waals surface area contributed by atoms with Crippen LogP contribution < -0.4 is 5.32 Å². The number of carbonyl (C=O) groups excluding carboxylic acids is 1. The smallest absolute Gasteiger partial charge is 0.310 e. The van der Waals surface area contributed by atoms with E-state index in [1.54, 1.807) is 22.9 Å². The van der Waals surface area contributed by atoms with Crippen molar-refractivity contribution in [3.05, 3.63) is 60.2 Å². The van der Waals surface area contributed by atoms with Gasteiger partial charge < -0.3 is 9.72 Å². The second-order valence-corrected chi connectivity index (χ2v) is 4.85. The molecule has 0 radical (unpaired) electrons. The fourth-order valence-corrected chi connectivity index (χ4v) is 2.06. The van der Waals surface area contributed by atoms with E-state index < -0.39 is 17.6 Å². The maximum Gasteiger partial charge on any atom is 0.417 e. The van der Waals surface area contributed by atoms with Gasteiger partial charge in [0.05, 0.1) is 17.7 Å². The van der Waals surface area contributed by atoms with Gasteiger partial charge in [0.25, 0.3) is 0 Å². The molecule has 0 aliphatic carbocycles. The molecule has 0 unspecified atom stereocenters. The molecule has 0 aromatic carbocycles. The zero-order chi connectivity index (χ0) is 16.4. The second-order valence-electron chi connectivity index (χ2n) is 4.85. The third kappa shape index (κ3) is 3.47. The van der Waals surface area contributed by atoms with Crippen molar-refractivity contribution in [3.63, 3.8) is 0 Å². The van der Waals surface area contributed by atoms with E-state index in [1.165, 1.54) is 0 Å². The Morgan fingerprint density at radius 3 is 2.70 bits per heavy atom. The first kappa shape index (κ1) is 15.0. The van der Waals surface area contributed by atoms with E-state index in [1.807, 2.05) is 12.1 Å². The first-order chi connectivity index (χ1) is 10.9. The van der Waals surface area contributed by atoms with Crippen LogP contribution in [0.3, 0.4) is 0 Å². The van der Waals surface area contributed by atoms with Crippen LogP contribution in [0, 0.1) is 0 Å². The van der Waals surface area contributed by atoms with Gasteiger partial charge in [-0.2, -0.15) is 13.2 Å². The highest BCUT2D eigenvalue weighted by molar-refractivity contribution is 5.91. The SMILES string of the molecule is O=C(Cc1cn2ccccc2n1)Nc1ccc(C(F)(F)F)cn1. The summed E-state index contributed by atoms with van der Waals surface area (Å²) in [5.41, 5.74) is 0.402. The highest BCUT2D eigenvalue weighted by Gasteiger charge is 2.30. The van der Waals surface area contributed by atoms with Crippen LogP contribution in [0.15, 0.2) is 48.9 Å². The zero-order valence-corrected chi connectivity index (χ0v) is 11.7. The summed E-state index contributed by atoms with van der Waals surface area (Å²) < 4.78 is 39.1. The van der Waals surface area contributed by atoms with E-state index in [9.17, 15) is 18.0 Å². The molecule has 3 aromatic rings. The van der Waals surface area contributed by atoms with Gasteiger partial charge in [-0.25, -0.2) is 9.97 Å². The minimum Gasteiger partial charge on any atom is -0.310 e. The van der Waals surface area contributed by atoms with E-state index in [-0.39, 0.29) is 12.2 Å². The summed E-state index contributed by atoms with van der Waals surface area (Å²) in [6.07, 6.45) is -0.243. The van der Waals surface area contributed by atoms with Gasteiger partial charge in [0.2, 0.25) is 5.91 Å². The molecule has 1 amide bonds. The van der Waals surface area contributed by atoms with Crippen LogP contribution in [0.5, 0.6) is 0 Å². The Hall–Kier alpha value is -2.90. The molecule has 0 saturated heterocycles. The molecule has 0 spiro atoms. The molecular formula is C15H11F3N4O. The summed E-state index contributed by atoms with van der Waals surface area (Å²) in [7, 11) is 0. The highest BCUT2D eigenvalue weighted by Crippen LogP contribution is 2.28. The predicted octanol–water partition coefficient (Wildman–Crippen LogP) is 2.93. The number of nitrogens with one attached hydrogen (secondary N) is 1. The molecule has 3 heterocycles. The number of alkyl halides is 3. The number of aromatic nitrogens is 3. The lowest BCUT2D eigenvalue weighted by molar-refractivity contribution is -0.137. The third-order valence-electron chi connectivity index (χ3n) is 3.11. The molecule has 0 saturated carbocycles. The van der Waals surface area contributed by atoms with Crippen LogP contribution in [0.1, 0.15) is 11.3 Å². The van der Waals surface area contributed by atoms with Crippen molar-refractivity contribution in [2.24, 2.45) is 0 Å². The van der Waals surface area contributed by atoms with Gasteiger partial charge in [-0.3, -0.25) is 4.79 Å². The Morgan fingerprint density at radius 2 is 2.04 bits per heavy atom. The quantitative estimate of drug-likeness (QED) is 0.807. The van der Waals surface area contributed by atoms with Gasteiger partial charge in [-0.15, -0.1) is 0 Å². The zero-order valence-electron chi connectivity index (χ0n) is 11.7. The monoisotopic (exact) mass is 320 g/mol. The lowest BCUT2D eigenvalue weighted by atomic mass is 10.2. The Bertz CT molecular complexity index is 807. The molecule has 8 heteroatoms. The predicted molar refractivity (Wildman–Crippen MR) is 76.8 cm³/mol. The standard InChI is InChI=1S/C15H11F3N4O/c16-15(17,18)10-4-5-12(19-8-10)21-14(23)7-11-9-22-6-2-1-3-13(22)20-11/h1-6,8-9H,7H2,(H,19,21,23). The van der Waals surface area contributed by atoms with Crippen molar-refractivity contribution in [2.75, 3.05) is 5.32 Å². The summed E-state index contributed by atoms with van der Waals surface area (Å²) in [4.78, 5) is 19.8. The minimum atomic E-state index is -4.45. The first-order valence-corrected chi connectivity index (χ1v) is 6.67. The van der Waals surface area contributed by atoms with E-state index in [0.29, 0.717) is 17.5 Å². The number of amides is 1. The molecule has 1 N–H and O–H groups in total. The summed E-state index contributed by atoms with van der Waals surface area (Å²) >= 11 is 0. The number of halogens is 3. The number of imidazole rings is 1. The fourth-order valence-electron chi connectivity index (χ4n) is 2.06. The van der Waals surface area contributed by atoms with Crippen LogP contribution in [-0.2, 0) is 17.4 Å². The number of hydrogen-bond donors (Lipinski definition) is 1. The van der Waals surface area contributed by atoms with Crippen LogP contribution in [0.4, 0.5) is 19.0 Å². The summed E-state index contributed by atoms with van der Waals surface area (Å²) in [6.45, 7) is 0. The van der Waals surface area contributed by atoms with E-state index in [4.69, 9.17) is 0 Å². The van der Waals surface area contributed by atoms with Crippen molar-refractivity contribution < 1.29 is 18.0 Å². The number of anilines is 1. The number of rotatable bonds is 3. The summed E-state index contributed by atoms with van der Waals surface area (Å²) in [6, 6.07) is 7.46. The van der Waals surface area contributed by atoms with E-state index in [0.717, 1.165) is 12.1 Å². The minimum absolute atomic E-state index is 0.00435. The lowest BCUT2D eigenvalue weighted by Gasteiger charge is -2.07. The Labute approximate surface area is 128 Å². The van der Waals surface area contributed by atoms with E-state index >= 15 is 0 Å². The van der Waals surface area contributed by atoms with Crippen molar-refractivity contribution in [3.8, 4) is 0 Å². The topological polar surface area (TPSA) is 59.3 Å². The lowest BCUT2D eigenvalue weighted by Crippen LogP contribution is -2.16. The van der Waals surface area contributed by atoms with Crippen molar-refractivity contribution in [1.29, 1.82) is 0 Å². The van der Waals surface area contributed by atoms with E-state index in [2.05, 4.69) is 15.3 Å². The molecule has 0 aliphatic heterocycles. The summed E-state index contributed by atoms with van der Waals surface area (Å²) in [5.74, 6) is -0.340. The average molecular weight is 320 g/mol. The van der Waals surface area contributed by atoms with Gasteiger partial charge in [0, 0.05) is 18.6 Å². The maximum absolute atomic E-state index is 12.4. The molecule has 0 fully saturated rings. The molecular weight excluding hydrogens is 309 g/mol. The molecule has 3 rings (SSSR count). The molecule has 23 heavy (non-hydrogen) atoms. The third-order valence-corrected chi connectivity index (χ3v) is 3.11. The maximum atomic E-state index is 12.4. The highest BCUT2D eigenvalue weighted by atomic mass is 19.4. The normalized spacial score (nSPS) is 11.6. The molecule has 0 aliphatic rings. The molecule has 0 bridgehead atoms. The molecule has 5 nitrogen and oxygen atoms in total. The van der Waals surface area contributed by atoms with Gasteiger partial charge in [0.1, 0.15) is 11.5 Å². The Morgan fingerprint density at radius 1 is 1.22 bits per heavy atom. The van der Waals surface area contributed by atoms with Crippen LogP contribution in [-0.4, -0.2) is 20.3 Å². The van der Waals surface area contributed by atoms with Gasteiger partial charge in [0.15, 0.2) is 0 Å². The number of nitrogens with zero attached hydrogens (tertiary/aromatic N) is 3. The van der Waals surface area contributed by atoms with Gasteiger partial charge in [-0.05, 0) is 24.3 Å². The van der Waals surface area contributed by atoms with Crippen LogP contribution in [0.25, 0.3) is 5.65 Å². The van der Waals surface area contributed by atoms with Gasteiger partial charge >= 0.3 is 6.18 Å².